The molecule has 0 fully saturated rings. The van der Waals surface area contributed by atoms with E-state index in [1.807, 2.05) is 26.4 Å². The van der Waals surface area contributed by atoms with E-state index in [0.29, 0.717) is 6.54 Å². The number of hydrogen-bond acceptors (Lipinski definition) is 4. The number of aryl methyl sites for hydroxylation is 1. The van der Waals surface area contributed by atoms with E-state index in [9.17, 15) is 8.42 Å². The standard InChI is InChI=1S/C14H20N4O2S/c1-4-16-21(19,20)14-7-5-13(6-8-14)17-11(2)12-9-15-18(3)10-12/h5-11,16-17H,4H2,1-3H3. The van der Waals surface area contributed by atoms with Crippen molar-refractivity contribution in [2.24, 2.45) is 7.05 Å². The lowest BCUT2D eigenvalue weighted by atomic mass is 10.2. The van der Waals surface area contributed by atoms with Crippen LogP contribution in [-0.4, -0.2) is 24.7 Å². The van der Waals surface area contributed by atoms with E-state index in [1.54, 1.807) is 35.9 Å². The molecule has 0 amide bonds. The van der Waals surface area contributed by atoms with Crippen LogP contribution < -0.4 is 10.0 Å². The predicted octanol–water partition coefficient (Wildman–Crippen LogP) is 1.89. The van der Waals surface area contributed by atoms with Gasteiger partial charge in [-0.3, -0.25) is 4.68 Å². The zero-order valence-corrected chi connectivity index (χ0v) is 13.2. The van der Waals surface area contributed by atoms with Crippen LogP contribution in [0.1, 0.15) is 25.5 Å². The van der Waals surface area contributed by atoms with Gasteiger partial charge in [-0.05, 0) is 31.2 Å². The molecule has 1 aromatic heterocycles. The van der Waals surface area contributed by atoms with Gasteiger partial charge in [0.15, 0.2) is 0 Å². The molecular weight excluding hydrogens is 288 g/mol. The lowest BCUT2D eigenvalue weighted by molar-refractivity contribution is 0.584. The van der Waals surface area contributed by atoms with Crippen molar-refractivity contribution >= 4 is 15.7 Å². The lowest BCUT2D eigenvalue weighted by Crippen LogP contribution is -2.23. The van der Waals surface area contributed by atoms with Crippen LogP contribution in [0.25, 0.3) is 0 Å². The Labute approximate surface area is 125 Å². The van der Waals surface area contributed by atoms with Crippen LogP contribution in [0, 0.1) is 0 Å². The first-order valence-electron chi connectivity index (χ1n) is 6.77. The van der Waals surface area contributed by atoms with E-state index in [1.165, 1.54) is 0 Å². The first-order chi connectivity index (χ1) is 9.92. The number of benzene rings is 1. The number of rotatable bonds is 6. The molecule has 0 aliphatic carbocycles. The Hall–Kier alpha value is -1.86. The molecule has 2 aromatic rings. The maximum atomic E-state index is 11.8. The van der Waals surface area contributed by atoms with Crippen molar-refractivity contribution in [2.45, 2.75) is 24.8 Å². The number of nitrogens with one attached hydrogen (secondary N) is 2. The third-order valence-electron chi connectivity index (χ3n) is 3.11. The largest absolute Gasteiger partial charge is 0.378 e. The summed E-state index contributed by atoms with van der Waals surface area (Å²) < 4.78 is 27.9. The smallest absolute Gasteiger partial charge is 0.240 e. The van der Waals surface area contributed by atoms with Crippen molar-refractivity contribution in [1.82, 2.24) is 14.5 Å². The summed E-state index contributed by atoms with van der Waals surface area (Å²) in [4.78, 5) is 0.268. The summed E-state index contributed by atoms with van der Waals surface area (Å²) in [5.41, 5.74) is 1.93. The van der Waals surface area contributed by atoms with Crippen LogP contribution in [0.2, 0.25) is 0 Å². The molecule has 0 radical (unpaired) electrons. The Balaban J connectivity index is 2.09. The molecule has 7 heteroatoms. The molecule has 2 N–H and O–H groups in total. The molecular formula is C14H20N4O2S. The first kappa shape index (κ1) is 15.5. The summed E-state index contributed by atoms with van der Waals surface area (Å²) in [6, 6.07) is 6.80. The average molecular weight is 308 g/mol. The van der Waals surface area contributed by atoms with Crippen molar-refractivity contribution in [2.75, 3.05) is 11.9 Å². The predicted molar refractivity (Wildman–Crippen MR) is 82.6 cm³/mol. The van der Waals surface area contributed by atoms with Gasteiger partial charge in [-0.25, -0.2) is 13.1 Å². The number of anilines is 1. The fraction of sp³-hybridized carbons (Fsp3) is 0.357. The van der Waals surface area contributed by atoms with E-state index < -0.39 is 10.0 Å². The molecule has 0 bridgehead atoms. The maximum Gasteiger partial charge on any atom is 0.240 e. The Bertz CT molecular complexity index is 692. The summed E-state index contributed by atoms with van der Waals surface area (Å²) >= 11 is 0. The van der Waals surface area contributed by atoms with E-state index in [-0.39, 0.29) is 10.9 Å². The van der Waals surface area contributed by atoms with Gasteiger partial charge in [0.2, 0.25) is 10.0 Å². The van der Waals surface area contributed by atoms with Crippen molar-refractivity contribution in [3.63, 3.8) is 0 Å². The molecule has 1 aromatic carbocycles. The zero-order chi connectivity index (χ0) is 15.5. The number of aromatic nitrogens is 2. The molecule has 0 saturated heterocycles. The molecule has 1 unspecified atom stereocenters. The summed E-state index contributed by atoms with van der Waals surface area (Å²) in [6.07, 6.45) is 3.75. The molecule has 2 rings (SSSR count). The molecule has 1 heterocycles. The SMILES string of the molecule is CCNS(=O)(=O)c1ccc(NC(C)c2cnn(C)c2)cc1. The number of hydrogen-bond donors (Lipinski definition) is 2. The average Bonchev–Trinajstić information content (AvgIpc) is 2.86. The van der Waals surface area contributed by atoms with Gasteiger partial charge in [0, 0.05) is 31.0 Å². The maximum absolute atomic E-state index is 11.8. The normalized spacial score (nSPS) is 13.1. The second kappa shape index (κ2) is 6.28. The highest BCUT2D eigenvalue weighted by Gasteiger charge is 2.12. The van der Waals surface area contributed by atoms with Crippen molar-refractivity contribution in [3.05, 3.63) is 42.2 Å². The van der Waals surface area contributed by atoms with E-state index >= 15 is 0 Å². The van der Waals surface area contributed by atoms with Gasteiger partial charge in [-0.2, -0.15) is 5.10 Å². The van der Waals surface area contributed by atoms with Gasteiger partial charge in [-0.1, -0.05) is 6.92 Å². The van der Waals surface area contributed by atoms with Crippen LogP contribution in [0.5, 0.6) is 0 Å². The summed E-state index contributed by atoms with van der Waals surface area (Å²) in [6.45, 7) is 4.16. The minimum atomic E-state index is -3.40. The van der Waals surface area contributed by atoms with E-state index in [4.69, 9.17) is 0 Å². The molecule has 0 aliphatic heterocycles. The minimum absolute atomic E-state index is 0.0925. The van der Waals surface area contributed by atoms with Crippen LogP contribution in [0.15, 0.2) is 41.6 Å². The quantitative estimate of drug-likeness (QED) is 0.854. The summed E-state index contributed by atoms with van der Waals surface area (Å²) in [5, 5.41) is 7.45. The van der Waals surface area contributed by atoms with Crippen molar-refractivity contribution in [3.8, 4) is 0 Å². The minimum Gasteiger partial charge on any atom is -0.378 e. The topological polar surface area (TPSA) is 76.0 Å². The van der Waals surface area contributed by atoms with E-state index in [0.717, 1.165) is 11.3 Å². The fourth-order valence-corrected chi connectivity index (χ4v) is 3.04. The van der Waals surface area contributed by atoms with Crippen LogP contribution in [0.4, 0.5) is 5.69 Å². The second-order valence-electron chi connectivity index (χ2n) is 4.84. The van der Waals surface area contributed by atoms with Gasteiger partial charge in [0.25, 0.3) is 0 Å². The van der Waals surface area contributed by atoms with E-state index in [2.05, 4.69) is 15.1 Å². The van der Waals surface area contributed by atoms with Gasteiger partial charge < -0.3 is 5.32 Å². The van der Waals surface area contributed by atoms with Crippen LogP contribution >= 0.6 is 0 Å². The number of nitrogens with zero attached hydrogens (tertiary/aromatic N) is 2. The molecule has 114 valence electrons. The van der Waals surface area contributed by atoms with Gasteiger partial charge >= 0.3 is 0 Å². The zero-order valence-electron chi connectivity index (χ0n) is 12.4. The third kappa shape index (κ3) is 3.83. The molecule has 6 nitrogen and oxygen atoms in total. The Kier molecular flexibility index (Phi) is 4.64. The Morgan fingerprint density at radius 2 is 1.95 bits per heavy atom. The van der Waals surface area contributed by atoms with Crippen molar-refractivity contribution < 1.29 is 8.42 Å². The highest BCUT2D eigenvalue weighted by Crippen LogP contribution is 2.20. The molecule has 0 spiro atoms. The fourth-order valence-electron chi connectivity index (χ4n) is 2.00. The molecule has 0 aliphatic rings. The Morgan fingerprint density at radius 1 is 1.29 bits per heavy atom. The van der Waals surface area contributed by atoms with Gasteiger partial charge in [0.1, 0.15) is 0 Å². The molecule has 21 heavy (non-hydrogen) atoms. The Morgan fingerprint density at radius 3 is 2.48 bits per heavy atom. The summed E-state index contributed by atoms with van der Waals surface area (Å²) in [5.74, 6) is 0. The molecule has 0 saturated carbocycles. The van der Waals surface area contributed by atoms with Gasteiger partial charge in [0.05, 0.1) is 17.1 Å². The first-order valence-corrected chi connectivity index (χ1v) is 8.25. The van der Waals surface area contributed by atoms with Crippen LogP contribution in [-0.2, 0) is 17.1 Å². The highest BCUT2D eigenvalue weighted by atomic mass is 32.2. The molecule has 1 atom stereocenters. The monoisotopic (exact) mass is 308 g/mol. The van der Waals surface area contributed by atoms with Crippen LogP contribution in [0.3, 0.4) is 0 Å². The highest BCUT2D eigenvalue weighted by molar-refractivity contribution is 7.89. The third-order valence-corrected chi connectivity index (χ3v) is 4.67. The van der Waals surface area contributed by atoms with Crippen molar-refractivity contribution in [1.29, 1.82) is 0 Å². The second-order valence-corrected chi connectivity index (χ2v) is 6.61. The van der Waals surface area contributed by atoms with Gasteiger partial charge in [-0.15, -0.1) is 0 Å². The lowest BCUT2D eigenvalue weighted by Gasteiger charge is -2.14. The number of sulfonamides is 1. The summed E-state index contributed by atoms with van der Waals surface area (Å²) in [7, 11) is -1.52.